The molecule has 0 atom stereocenters. The summed E-state index contributed by atoms with van der Waals surface area (Å²) >= 11 is 0. The molecule has 0 radical (unpaired) electrons. The number of halogens is 2. The van der Waals surface area contributed by atoms with Crippen LogP contribution in [0.3, 0.4) is 0 Å². The number of para-hydroxylation sites is 1. The van der Waals surface area contributed by atoms with E-state index in [0.717, 1.165) is 13.1 Å². The molecule has 2 aromatic rings. The predicted octanol–water partition coefficient (Wildman–Crippen LogP) is 2.85. The number of aromatic amines is 1. The fourth-order valence-corrected chi connectivity index (χ4v) is 3.89. The highest BCUT2D eigenvalue weighted by Crippen LogP contribution is 2.34. The van der Waals surface area contributed by atoms with Gasteiger partial charge < -0.3 is 14.8 Å². The molecule has 0 saturated carbocycles. The van der Waals surface area contributed by atoms with Gasteiger partial charge in [0.2, 0.25) is 0 Å². The van der Waals surface area contributed by atoms with Crippen LogP contribution < -0.4 is 10.5 Å². The molecule has 8 heteroatoms. The van der Waals surface area contributed by atoms with Crippen LogP contribution in [-0.2, 0) is 0 Å². The number of benzene rings is 2. The molecule has 5 rings (SSSR count). The molecular weight excluding hydrogens is 376 g/mol. The lowest BCUT2D eigenvalue weighted by molar-refractivity contribution is 0.310. The maximum atomic E-state index is 15.3. The zero-order valence-corrected chi connectivity index (χ0v) is 15.8. The second kappa shape index (κ2) is 6.66. The highest BCUT2D eigenvalue weighted by molar-refractivity contribution is 5.95. The lowest BCUT2D eigenvalue weighted by Crippen LogP contribution is -2.45. The van der Waals surface area contributed by atoms with Crippen LogP contribution in [0.5, 0.6) is 0 Å². The van der Waals surface area contributed by atoms with Crippen molar-refractivity contribution in [3.05, 3.63) is 64.6 Å². The second-order valence-electron chi connectivity index (χ2n) is 7.34. The average Bonchev–Trinajstić information content (AvgIpc) is 3.07. The van der Waals surface area contributed by atoms with Crippen LogP contribution in [0, 0.1) is 11.6 Å². The van der Waals surface area contributed by atoms with Gasteiger partial charge in [-0.3, -0.25) is 4.79 Å². The third-order valence-corrected chi connectivity index (χ3v) is 5.51. The number of hydrogen-bond acceptors (Lipinski definition) is 4. The third kappa shape index (κ3) is 2.79. The monoisotopic (exact) mass is 395 g/mol. The van der Waals surface area contributed by atoms with Gasteiger partial charge in [0.05, 0.1) is 16.8 Å². The lowest BCUT2D eigenvalue weighted by atomic mass is 10.1. The van der Waals surface area contributed by atoms with Gasteiger partial charge in [-0.25, -0.2) is 8.78 Å². The number of pyridine rings is 1. The van der Waals surface area contributed by atoms with Gasteiger partial charge in [0.25, 0.3) is 5.56 Å². The molecule has 0 aliphatic carbocycles. The number of piperazine rings is 1. The Morgan fingerprint density at radius 2 is 1.79 bits per heavy atom. The number of aromatic nitrogens is 3. The molecule has 0 amide bonds. The standard InChI is InChI=1S/C21H19F2N5O/c1-26-7-9-27(10-8-26)20-16(22)11-14-18-15(12-24-19(14)17(20)23)21(29)28(25-18)13-5-3-2-4-6-13/h2-6,11-12,24H,7-10H2,1H3. The summed E-state index contributed by atoms with van der Waals surface area (Å²) in [5.74, 6) is -1.31. The molecule has 0 aromatic heterocycles. The summed E-state index contributed by atoms with van der Waals surface area (Å²) in [6.45, 7) is 2.57. The molecule has 0 bridgehead atoms. The molecule has 6 nitrogen and oxygen atoms in total. The topological polar surface area (TPSA) is 57.2 Å². The van der Waals surface area contributed by atoms with E-state index in [-0.39, 0.29) is 33.4 Å². The van der Waals surface area contributed by atoms with Crippen molar-refractivity contribution in [2.45, 2.75) is 0 Å². The minimum atomic E-state index is -0.659. The molecule has 3 aliphatic heterocycles. The largest absolute Gasteiger partial charge is 0.364 e. The number of H-pyrrole nitrogens is 1. The normalized spacial score (nSPS) is 15.5. The van der Waals surface area contributed by atoms with Crippen LogP contribution in [-0.4, -0.2) is 52.9 Å². The van der Waals surface area contributed by atoms with E-state index in [0.29, 0.717) is 18.8 Å². The van der Waals surface area contributed by atoms with E-state index >= 15 is 4.39 Å². The highest BCUT2D eigenvalue weighted by atomic mass is 19.1. The van der Waals surface area contributed by atoms with Crippen molar-refractivity contribution < 1.29 is 8.78 Å². The number of hydrogen-bond donors (Lipinski definition) is 1. The summed E-state index contributed by atoms with van der Waals surface area (Å²) < 4.78 is 31.6. The van der Waals surface area contributed by atoms with Crippen molar-refractivity contribution in [2.24, 2.45) is 0 Å². The predicted molar refractivity (Wildman–Crippen MR) is 108 cm³/mol. The molecule has 1 saturated heterocycles. The first-order valence-electron chi connectivity index (χ1n) is 9.45. The molecule has 148 valence electrons. The van der Waals surface area contributed by atoms with Crippen LogP contribution >= 0.6 is 0 Å². The fourth-order valence-electron chi connectivity index (χ4n) is 3.89. The Labute approximate surface area is 165 Å². The first-order valence-corrected chi connectivity index (χ1v) is 9.45. The van der Waals surface area contributed by atoms with Crippen molar-refractivity contribution in [3.63, 3.8) is 0 Å². The first-order chi connectivity index (χ1) is 14.0. The second-order valence-corrected chi connectivity index (χ2v) is 7.34. The third-order valence-electron chi connectivity index (χ3n) is 5.51. The molecule has 29 heavy (non-hydrogen) atoms. The summed E-state index contributed by atoms with van der Waals surface area (Å²) in [6, 6.07) is 10.2. The number of likely N-dealkylation sites (N-methyl/N-ethyl adjacent to an activating group) is 1. The summed E-state index contributed by atoms with van der Waals surface area (Å²) in [5, 5.41) is 4.63. The van der Waals surface area contributed by atoms with Crippen molar-refractivity contribution >= 4 is 16.6 Å². The van der Waals surface area contributed by atoms with Gasteiger partial charge >= 0.3 is 0 Å². The zero-order chi connectivity index (χ0) is 20.1. The smallest absolute Gasteiger partial charge is 0.282 e. The molecule has 1 N–H and O–H groups in total. The Morgan fingerprint density at radius 3 is 2.52 bits per heavy atom. The Bertz CT molecular complexity index is 1230. The quantitative estimate of drug-likeness (QED) is 0.567. The van der Waals surface area contributed by atoms with Gasteiger partial charge in [0, 0.05) is 37.8 Å². The van der Waals surface area contributed by atoms with Crippen LogP contribution in [0.2, 0.25) is 0 Å². The summed E-state index contributed by atoms with van der Waals surface area (Å²) in [5.41, 5.74) is 0.921. The van der Waals surface area contributed by atoms with Gasteiger partial charge in [0.15, 0.2) is 5.82 Å². The maximum absolute atomic E-state index is 15.3. The van der Waals surface area contributed by atoms with Crippen molar-refractivity contribution in [3.8, 4) is 16.9 Å². The van der Waals surface area contributed by atoms with E-state index < -0.39 is 11.6 Å². The van der Waals surface area contributed by atoms with Gasteiger partial charge in [-0.05, 0) is 25.2 Å². The van der Waals surface area contributed by atoms with E-state index in [1.165, 1.54) is 16.9 Å². The number of fused-ring (bicyclic) bond motifs is 3. The molecule has 0 unspecified atom stereocenters. The Balaban J connectivity index is 1.70. The number of nitrogens with zero attached hydrogens (tertiary/aromatic N) is 4. The van der Waals surface area contributed by atoms with Crippen LogP contribution in [0.1, 0.15) is 0 Å². The number of nitrogens with one attached hydrogen (secondary N) is 1. The van der Waals surface area contributed by atoms with Crippen LogP contribution in [0.25, 0.3) is 27.8 Å². The molecule has 2 aromatic carbocycles. The first kappa shape index (κ1) is 17.8. The van der Waals surface area contributed by atoms with Gasteiger partial charge in [0.1, 0.15) is 17.2 Å². The summed E-state index contributed by atoms with van der Waals surface area (Å²) in [4.78, 5) is 19.5. The Kier molecular flexibility index (Phi) is 4.09. The summed E-state index contributed by atoms with van der Waals surface area (Å²) in [7, 11) is 1.98. The molecule has 0 spiro atoms. The SMILES string of the molecule is CN1CCN(c2c(F)cc3c4nn(-c5ccccc5)c(=O)c-4c[nH]c3c2F)CC1. The van der Waals surface area contributed by atoms with E-state index in [1.807, 2.05) is 13.1 Å². The summed E-state index contributed by atoms with van der Waals surface area (Å²) in [6.07, 6.45) is 1.45. The van der Waals surface area contributed by atoms with E-state index in [1.54, 1.807) is 29.2 Å². The van der Waals surface area contributed by atoms with Crippen molar-refractivity contribution in [2.75, 3.05) is 38.1 Å². The molecule has 3 aliphatic rings. The van der Waals surface area contributed by atoms with E-state index in [4.69, 9.17) is 0 Å². The molecule has 1 fully saturated rings. The Hall–Kier alpha value is -3.26. The van der Waals surface area contributed by atoms with E-state index in [9.17, 15) is 9.18 Å². The fraction of sp³-hybridized carbons (Fsp3) is 0.238. The number of anilines is 1. The van der Waals surface area contributed by atoms with Gasteiger partial charge in [-0.15, -0.1) is 0 Å². The average molecular weight is 395 g/mol. The zero-order valence-electron chi connectivity index (χ0n) is 15.8. The number of rotatable bonds is 2. The Morgan fingerprint density at radius 1 is 1.07 bits per heavy atom. The van der Waals surface area contributed by atoms with Crippen molar-refractivity contribution in [1.82, 2.24) is 19.7 Å². The maximum Gasteiger partial charge on any atom is 0.282 e. The van der Waals surface area contributed by atoms with Crippen LogP contribution in [0.15, 0.2) is 47.4 Å². The van der Waals surface area contributed by atoms with Crippen molar-refractivity contribution in [1.29, 1.82) is 0 Å². The van der Waals surface area contributed by atoms with Crippen LogP contribution in [0.4, 0.5) is 14.5 Å². The molecule has 3 heterocycles. The minimum absolute atomic E-state index is 0.0361. The van der Waals surface area contributed by atoms with E-state index in [2.05, 4.69) is 15.0 Å². The van der Waals surface area contributed by atoms with Gasteiger partial charge in [-0.1, -0.05) is 18.2 Å². The van der Waals surface area contributed by atoms with Gasteiger partial charge in [-0.2, -0.15) is 9.78 Å². The lowest BCUT2D eigenvalue weighted by Gasteiger charge is -2.34. The molecular formula is C21H19F2N5O. The minimum Gasteiger partial charge on any atom is -0.364 e. The highest BCUT2D eigenvalue weighted by Gasteiger charge is 2.26.